The number of nitrogens with one attached hydrogen (secondary N) is 1. The van der Waals surface area contributed by atoms with E-state index in [0.29, 0.717) is 5.56 Å². The SMILES string of the molecule is CN(C)C(=O)c1ccc(/C=N/NO)cc1. The Hall–Kier alpha value is -1.88. The fraction of sp³-hybridized carbons (Fsp3) is 0.200. The van der Waals surface area contributed by atoms with E-state index in [1.165, 1.54) is 11.1 Å². The van der Waals surface area contributed by atoms with E-state index in [1.54, 1.807) is 43.9 Å². The Labute approximate surface area is 88.0 Å². The van der Waals surface area contributed by atoms with Crippen LogP contribution >= 0.6 is 0 Å². The third-order valence-corrected chi connectivity index (χ3v) is 1.84. The van der Waals surface area contributed by atoms with Crippen LogP contribution in [0, 0.1) is 0 Å². The molecule has 1 aromatic carbocycles. The number of carbonyl (C=O) groups excluding carboxylic acids is 1. The number of carbonyl (C=O) groups is 1. The highest BCUT2D eigenvalue weighted by Crippen LogP contribution is 2.04. The summed E-state index contributed by atoms with van der Waals surface area (Å²) in [4.78, 5) is 13.0. The molecule has 15 heavy (non-hydrogen) atoms. The van der Waals surface area contributed by atoms with E-state index in [9.17, 15) is 4.79 Å². The minimum absolute atomic E-state index is 0.0428. The Morgan fingerprint density at radius 3 is 2.47 bits per heavy atom. The lowest BCUT2D eigenvalue weighted by molar-refractivity contribution is 0.0827. The van der Waals surface area contributed by atoms with E-state index >= 15 is 0 Å². The summed E-state index contributed by atoms with van der Waals surface area (Å²) in [5, 5.41) is 11.7. The molecule has 0 bridgehead atoms. The minimum atomic E-state index is -0.0428. The van der Waals surface area contributed by atoms with E-state index in [1.807, 2.05) is 0 Å². The molecule has 0 spiro atoms. The summed E-state index contributed by atoms with van der Waals surface area (Å²) in [6, 6.07) is 6.91. The molecule has 5 nitrogen and oxygen atoms in total. The smallest absolute Gasteiger partial charge is 0.253 e. The molecule has 1 aromatic rings. The first kappa shape index (κ1) is 11.2. The lowest BCUT2D eigenvalue weighted by atomic mass is 10.1. The van der Waals surface area contributed by atoms with Gasteiger partial charge < -0.3 is 4.90 Å². The maximum atomic E-state index is 11.5. The van der Waals surface area contributed by atoms with Gasteiger partial charge in [0.15, 0.2) is 0 Å². The van der Waals surface area contributed by atoms with Crippen molar-refractivity contribution in [3.63, 3.8) is 0 Å². The summed E-state index contributed by atoms with van der Waals surface area (Å²) >= 11 is 0. The number of hydrazone groups is 1. The number of nitrogens with zero attached hydrogens (tertiary/aromatic N) is 2. The highest BCUT2D eigenvalue weighted by atomic mass is 16.5. The Bertz CT molecular complexity index is 357. The van der Waals surface area contributed by atoms with Gasteiger partial charge in [0.1, 0.15) is 0 Å². The van der Waals surface area contributed by atoms with Crippen LogP contribution in [-0.4, -0.2) is 36.3 Å². The van der Waals surface area contributed by atoms with Crippen LogP contribution in [0.1, 0.15) is 15.9 Å². The monoisotopic (exact) mass is 207 g/mol. The minimum Gasteiger partial charge on any atom is -0.345 e. The first-order chi connectivity index (χ1) is 7.15. The fourth-order valence-electron chi connectivity index (χ4n) is 1.07. The van der Waals surface area contributed by atoms with Gasteiger partial charge in [-0.15, -0.1) is 0 Å². The van der Waals surface area contributed by atoms with E-state index in [4.69, 9.17) is 5.21 Å². The molecule has 0 saturated carbocycles. The molecule has 0 unspecified atom stereocenters. The first-order valence-corrected chi connectivity index (χ1v) is 4.39. The van der Waals surface area contributed by atoms with E-state index in [0.717, 1.165) is 5.56 Å². The van der Waals surface area contributed by atoms with Crippen molar-refractivity contribution in [1.29, 1.82) is 0 Å². The second-order valence-electron chi connectivity index (χ2n) is 3.18. The highest BCUT2D eigenvalue weighted by molar-refractivity contribution is 5.94. The van der Waals surface area contributed by atoms with E-state index in [-0.39, 0.29) is 5.91 Å². The molecule has 0 aliphatic heterocycles. The third-order valence-electron chi connectivity index (χ3n) is 1.84. The van der Waals surface area contributed by atoms with E-state index < -0.39 is 0 Å². The molecule has 0 atom stereocenters. The quantitative estimate of drug-likeness (QED) is 0.566. The van der Waals surface area contributed by atoms with Gasteiger partial charge in [-0.2, -0.15) is 10.7 Å². The van der Waals surface area contributed by atoms with Crippen LogP contribution in [-0.2, 0) is 0 Å². The predicted molar refractivity (Wildman–Crippen MR) is 57.0 cm³/mol. The van der Waals surface area contributed by atoms with Gasteiger partial charge >= 0.3 is 0 Å². The van der Waals surface area contributed by atoms with Crippen molar-refractivity contribution >= 4 is 12.1 Å². The topological polar surface area (TPSA) is 64.9 Å². The van der Waals surface area contributed by atoms with Gasteiger partial charge in [0.25, 0.3) is 5.91 Å². The van der Waals surface area contributed by atoms with Crippen molar-refractivity contribution in [3.8, 4) is 0 Å². The zero-order valence-electron chi connectivity index (χ0n) is 8.64. The maximum absolute atomic E-state index is 11.5. The van der Waals surface area contributed by atoms with Crippen LogP contribution in [0.15, 0.2) is 29.4 Å². The molecule has 0 aromatic heterocycles. The number of benzene rings is 1. The van der Waals surface area contributed by atoms with Crippen molar-refractivity contribution in [2.45, 2.75) is 0 Å². The largest absolute Gasteiger partial charge is 0.345 e. The molecule has 2 N–H and O–H groups in total. The summed E-state index contributed by atoms with van der Waals surface area (Å²) < 4.78 is 0. The van der Waals surface area contributed by atoms with Crippen molar-refractivity contribution < 1.29 is 10.0 Å². The summed E-state index contributed by atoms with van der Waals surface area (Å²) in [7, 11) is 3.40. The van der Waals surface area contributed by atoms with Gasteiger partial charge in [0.2, 0.25) is 0 Å². The predicted octanol–water partition coefficient (Wildman–Crippen LogP) is 0.701. The first-order valence-electron chi connectivity index (χ1n) is 4.39. The Morgan fingerprint density at radius 1 is 1.40 bits per heavy atom. The molecule has 5 heteroatoms. The van der Waals surface area contributed by atoms with Crippen molar-refractivity contribution in [1.82, 2.24) is 10.5 Å². The van der Waals surface area contributed by atoms with Gasteiger partial charge in [0.05, 0.1) is 6.21 Å². The van der Waals surface area contributed by atoms with Crippen LogP contribution in [0.5, 0.6) is 0 Å². The van der Waals surface area contributed by atoms with Crippen LogP contribution in [0.25, 0.3) is 0 Å². The summed E-state index contributed by atoms with van der Waals surface area (Å²) in [5.41, 5.74) is 3.08. The van der Waals surface area contributed by atoms with Gasteiger partial charge in [-0.1, -0.05) is 12.1 Å². The molecule has 0 fully saturated rings. The standard InChI is InChI=1S/C10H13N3O2/c1-13(2)10(14)9-5-3-8(4-6-9)7-11-12-15/h3-7,12,15H,1-2H3/b11-7+. The average molecular weight is 207 g/mol. The molecule has 1 rings (SSSR count). The zero-order valence-corrected chi connectivity index (χ0v) is 8.64. The third kappa shape index (κ3) is 3.07. The second-order valence-corrected chi connectivity index (χ2v) is 3.18. The molecule has 80 valence electrons. The Balaban J connectivity index is 2.81. The fourth-order valence-corrected chi connectivity index (χ4v) is 1.07. The molecule has 1 amide bonds. The highest BCUT2D eigenvalue weighted by Gasteiger charge is 2.06. The molecule has 0 aliphatic rings. The zero-order chi connectivity index (χ0) is 11.3. The van der Waals surface area contributed by atoms with Gasteiger partial charge in [-0.3, -0.25) is 10.0 Å². The number of hydrogen-bond donors (Lipinski definition) is 2. The summed E-state index contributed by atoms with van der Waals surface area (Å²) in [5.74, 6) is -0.0428. The van der Waals surface area contributed by atoms with E-state index in [2.05, 4.69) is 5.10 Å². The average Bonchev–Trinajstić information content (AvgIpc) is 2.26. The molecule has 0 heterocycles. The number of amides is 1. The number of hydrogen-bond acceptors (Lipinski definition) is 4. The normalized spacial score (nSPS) is 10.3. The second kappa shape index (κ2) is 5.11. The molecule has 0 saturated heterocycles. The van der Waals surface area contributed by atoms with Crippen LogP contribution in [0.4, 0.5) is 0 Å². The van der Waals surface area contributed by atoms with Crippen molar-refractivity contribution in [2.75, 3.05) is 14.1 Å². The molecular weight excluding hydrogens is 194 g/mol. The number of rotatable bonds is 3. The van der Waals surface area contributed by atoms with Gasteiger partial charge in [0, 0.05) is 19.7 Å². The van der Waals surface area contributed by atoms with Gasteiger partial charge in [-0.05, 0) is 17.7 Å². The summed E-state index contributed by atoms with van der Waals surface area (Å²) in [6.07, 6.45) is 1.45. The lowest BCUT2D eigenvalue weighted by Crippen LogP contribution is -2.21. The summed E-state index contributed by atoms with van der Waals surface area (Å²) in [6.45, 7) is 0. The van der Waals surface area contributed by atoms with Gasteiger partial charge in [-0.25, -0.2) is 0 Å². The van der Waals surface area contributed by atoms with Crippen molar-refractivity contribution in [3.05, 3.63) is 35.4 Å². The Kier molecular flexibility index (Phi) is 3.82. The maximum Gasteiger partial charge on any atom is 0.253 e. The van der Waals surface area contributed by atoms with Crippen LogP contribution in [0.2, 0.25) is 0 Å². The molecule has 0 radical (unpaired) electrons. The van der Waals surface area contributed by atoms with Crippen LogP contribution in [0.3, 0.4) is 0 Å². The lowest BCUT2D eigenvalue weighted by Gasteiger charge is -2.09. The molecule has 0 aliphatic carbocycles. The Morgan fingerprint density at radius 2 is 2.00 bits per heavy atom. The van der Waals surface area contributed by atoms with Crippen LogP contribution < -0.4 is 5.59 Å². The van der Waals surface area contributed by atoms with Crippen molar-refractivity contribution in [2.24, 2.45) is 5.10 Å². The molecular formula is C10H13N3O2.